The van der Waals surface area contributed by atoms with Crippen LogP contribution in [0.5, 0.6) is 0 Å². The lowest BCUT2D eigenvalue weighted by atomic mass is 10.2. The summed E-state index contributed by atoms with van der Waals surface area (Å²) in [6.45, 7) is 2.01. The van der Waals surface area contributed by atoms with Crippen LogP contribution in [0, 0.1) is 6.92 Å². The van der Waals surface area contributed by atoms with Crippen LogP contribution in [-0.4, -0.2) is 17.7 Å². The first-order valence-electron chi connectivity index (χ1n) is 6.69. The number of thioether (sulfide) groups is 1. The molecule has 6 heteroatoms. The molecule has 0 heterocycles. The van der Waals surface area contributed by atoms with Crippen LogP contribution in [0.3, 0.4) is 0 Å². The lowest BCUT2D eigenvalue weighted by Crippen LogP contribution is -2.19. The van der Waals surface area contributed by atoms with E-state index in [2.05, 4.69) is 10.6 Å². The van der Waals surface area contributed by atoms with Gasteiger partial charge in [-0.2, -0.15) is 0 Å². The molecule has 114 valence electrons. The van der Waals surface area contributed by atoms with E-state index in [1.165, 1.54) is 11.8 Å². The minimum atomic E-state index is -0.640. The quantitative estimate of drug-likeness (QED) is 0.741. The normalized spacial score (nSPS) is 10.0. The van der Waals surface area contributed by atoms with E-state index in [-0.39, 0.29) is 5.91 Å². The molecule has 3 amide bonds. The number of hydrogen-bond acceptors (Lipinski definition) is 3. The number of anilines is 2. The van der Waals surface area contributed by atoms with Gasteiger partial charge < -0.3 is 16.4 Å². The smallest absolute Gasteiger partial charge is 0.316 e. The van der Waals surface area contributed by atoms with Crippen LogP contribution in [0.15, 0.2) is 53.4 Å². The van der Waals surface area contributed by atoms with E-state index in [0.717, 1.165) is 10.5 Å². The number of aryl methyl sites for hydroxylation is 1. The fourth-order valence-corrected chi connectivity index (χ4v) is 2.70. The Hall–Kier alpha value is -2.47. The third-order valence-corrected chi connectivity index (χ3v) is 4.04. The van der Waals surface area contributed by atoms with Gasteiger partial charge in [-0.05, 0) is 36.8 Å². The monoisotopic (exact) mass is 315 g/mol. The summed E-state index contributed by atoms with van der Waals surface area (Å²) in [5.41, 5.74) is 7.36. The van der Waals surface area contributed by atoms with Crippen LogP contribution in [0.2, 0.25) is 0 Å². The number of benzene rings is 2. The molecule has 0 unspecified atom stereocenters. The second-order valence-electron chi connectivity index (χ2n) is 4.67. The molecule has 0 fully saturated rings. The minimum absolute atomic E-state index is 0.107. The molecule has 0 aromatic heterocycles. The van der Waals surface area contributed by atoms with Crippen molar-refractivity contribution in [3.8, 4) is 0 Å². The molecule has 5 nitrogen and oxygen atoms in total. The molecule has 0 saturated heterocycles. The third-order valence-electron chi connectivity index (χ3n) is 2.87. The maximum atomic E-state index is 12.0. The first kappa shape index (κ1) is 15.9. The molecule has 0 atom stereocenters. The predicted octanol–water partition coefficient (Wildman–Crippen LogP) is 3.22. The van der Waals surface area contributed by atoms with Crippen LogP contribution in [0.1, 0.15) is 5.56 Å². The number of urea groups is 1. The maximum Gasteiger partial charge on any atom is 0.316 e. The number of rotatable bonds is 5. The summed E-state index contributed by atoms with van der Waals surface area (Å²) in [7, 11) is 0. The second-order valence-corrected chi connectivity index (χ2v) is 5.69. The van der Waals surface area contributed by atoms with E-state index in [9.17, 15) is 9.59 Å². The summed E-state index contributed by atoms with van der Waals surface area (Å²) < 4.78 is 0. The summed E-state index contributed by atoms with van der Waals surface area (Å²) in [4.78, 5) is 23.9. The van der Waals surface area contributed by atoms with Gasteiger partial charge in [0.1, 0.15) is 0 Å². The molecular weight excluding hydrogens is 298 g/mol. The Bertz CT molecular complexity index is 689. The van der Waals surface area contributed by atoms with Gasteiger partial charge in [-0.3, -0.25) is 4.79 Å². The number of nitrogens with two attached hydrogens (primary N) is 1. The van der Waals surface area contributed by atoms with Crippen molar-refractivity contribution in [1.29, 1.82) is 0 Å². The SMILES string of the molecule is Cc1ccccc1SCC(=O)Nc1cccc(NC(N)=O)c1. The van der Waals surface area contributed by atoms with Gasteiger partial charge in [0.15, 0.2) is 0 Å². The van der Waals surface area contributed by atoms with Crippen LogP contribution in [0.4, 0.5) is 16.2 Å². The highest BCUT2D eigenvalue weighted by Gasteiger charge is 2.06. The lowest BCUT2D eigenvalue weighted by molar-refractivity contribution is -0.113. The number of amides is 3. The molecule has 0 saturated carbocycles. The van der Waals surface area contributed by atoms with Crippen molar-refractivity contribution in [1.82, 2.24) is 0 Å². The Morgan fingerprint density at radius 2 is 1.73 bits per heavy atom. The molecule has 2 aromatic rings. The molecule has 0 aliphatic carbocycles. The van der Waals surface area contributed by atoms with Gasteiger partial charge in [0.2, 0.25) is 5.91 Å². The molecule has 4 N–H and O–H groups in total. The summed E-state index contributed by atoms with van der Waals surface area (Å²) in [6, 6.07) is 14.1. The maximum absolute atomic E-state index is 12.0. The fraction of sp³-hybridized carbons (Fsp3) is 0.125. The van der Waals surface area contributed by atoms with Crippen molar-refractivity contribution in [2.45, 2.75) is 11.8 Å². The first-order valence-corrected chi connectivity index (χ1v) is 7.68. The number of nitrogens with one attached hydrogen (secondary N) is 2. The van der Waals surface area contributed by atoms with Gasteiger partial charge in [0, 0.05) is 16.3 Å². The Morgan fingerprint density at radius 1 is 1.05 bits per heavy atom. The summed E-state index contributed by atoms with van der Waals surface area (Å²) in [5, 5.41) is 5.26. The highest BCUT2D eigenvalue weighted by atomic mass is 32.2. The van der Waals surface area contributed by atoms with Crippen LogP contribution in [0.25, 0.3) is 0 Å². The lowest BCUT2D eigenvalue weighted by Gasteiger charge is -2.08. The molecule has 0 spiro atoms. The third kappa shape index (κ3) is 4.82. The summed E-state index contributed by atoms with van der Waals surface area (Å²) in [6.07, 6.45) is 0. The topological polar surface area (TPSA) is 84.2 Å². The Labute approximate surface area is 133 Å². The molecule has 2 aromatic carbocycles. The van der Waals surface area contributed by atoms with Gasteiger partial charge in [-0.15, -0.1) is 11.8 Å². The van der Waals surface area contributed by atoms with Gasteiger partial charge in [0.25, 0.3) is 0 Å². The standard InChI is InChI=1S/C16H17N3O2S/c1-11-5-2-3-8-14(11)22-10-15(20)18-12-6-4-7-13(9-12)19-16(17)21/h2-9H,10H2,1H3,(H,18,20)(H3,17,19,21). The molecule has 0 radical (unpaired) electrons. The van der Waals surface area contributed by atoms with E-state index in [1.807, 2.05) is 31.2 Å². The Balaban J connectivity index is 1.92. The number of hydrogen-bond donors (Lipinski definition) is 3. The Kier molecular flexibility index (Phi) is 5.43. The molecular formula is C16H17N3O2S. The number of carbonyl (C=O) groups excluding carboxylic acids is 2. The second kappa shape index (κ2) is 7.51. The van der Waals surface area contributed by atoms with Gasteiger partial charge in [0.05, 0.1) is 5.75 Å². The largest absolute Gasteiger partial charge is 0.351 e. The minimum Gasteiger partial charge on any atom is -0.351 e. The zero-order valence-corrected chi connectivity index (χ0v) is 12.9. The van der Waals surface area contributed by atoms with E-state index in [1.54, 1.807) is 24.3 Å². The average Bonchev–Trinajstić information content (AvgIpc) is 2.46. The highest BCUT2D eigenvalue weighted by molar-refractivity contribution is 8.00. The first-order chi connectivity index (χ1) is 10.5. The predicted molar refractivity (Wildman–Crippen MR) is 90.2 cm³/mol. The van der Waals surface area contributed by atoms with Crippen LogP contribution >= 0.6 is 11.8 Å². The van der Waals surface area contributed by atoms with E-state index in [4.69, 9.17) is 5.73 Å². The van der Waals surface area contributed by atoms with E-state index in [0.29, 0.717) is 17.1 Å². The van der Waals surface area contributed by atoms with E-state index >= 15 is 0 Å². The van der Waals surface area contributed by atoms with Gasteiger partial charge in [-0.1, -0.05) is 24.3 Å². The van der Waals surface area contributed by atoms with Crippen molar-refractivity contribution >= 4 is 35.1 Å². The molecule has 22 heavy (non-hydrogen) atoms. The Morgan fingerprint density at radius 3 is 2.41 bits per heavy atom. The summed E-state index contributed by atoms with van der Waals surface area (Å²) >= 11 is 1.49. The van der Waals surface area contributed by atoms with Crippen molar-refractivity contribution in [3.05, 3.63) is 54.1 Å². The van der Waals surface area contributed by atoms with Crippen molar-refractivity contribution in [3.63, 3.8) is 0 Å². The van der Waals surface area contributed by atoms with Crippen molar-refractivity contribution in [2.24, 2.45) is 5.73 Å². The van der Waals surface area contributed by atoms with Crippen molar-refractivity contribution < 1.29 is 9.59 Å². The highest BCUT2D eigenvalue weighted by Crippen LogP contribution is 2.22. The van der Waals surface area contributed by atoms with E-state index < -0.39 is 6.03 Å². The molecule has 0 aliphatic rings. The number of carbonyl (C=O) groups is 2. The zero-order valence-electron chi connectivity index (χ0n) is 12.1. The van der Waals surface area contributed by atoms with Gasteiger partial charge in [-0.25, -0.2) is 4.79 Å². The zero-order chi connectivity index (χ0) is 15.9. The molecule has 2 rings (SSSR count). The van der Waals surface area contributed by atoms with Crippen LogP contribution in [-0.2, 0) is 4.79 Å². The fourth-order valence-electron chi connectivity index (χ4n) is 1.88. The number of primary amides is 1. The molecule has 0 bridgehead atoms. The summed E-state index contributed by atoms with van der Waals surface area (Å²) in [5.74, 6) is 0.211. The molecule has 0 aliphatic heterocycles. The average molecular weight is 315 g/mol. The van der Waals surface area contributed by atoms with Crippen molar-refractivity contribution in [2.75, 3.05) is 16.4 Å². The van der Waals surface area contributed by atoms with Gasteiger partial charge >= 0.3 is 6.03 Å². The van der Waals surface area contributed by atoms with Crippen LogP contribution < -0.4 is 16.4 Å².